The molecule has 5 heteroatoms. The molecule has 0 spiro atoms. The molecule has 0 aliphatic carbocycles. The predicted molar refractivity (Wildman–Crippen MR) is 118 cm³/mol. The molecular formula is C24H21NO3S. The van der Waals surface area contributed by atoms with E-state index in [0.29, 0.717) is 10.5 Å². The molecule has 0 aromatic heterocycles. The third-order valence-electron chi connectivity index (χ3n) is 5.01. The quantitative estimate of drug-likeness (QED) is 0.593. The summed E-state index contributed by atoms with van der Waals surface area (Å²) in [6.45, 7) is 2.04. The number of amides is 1. The smallest absolute Gasteiger partial charge is 0.266 e. The van der Waals surface area contributed by atoms with Gasteiger partial charge in [-0.1, -0.05) is 60.3 Å². The SMILES string of the molecule is COc1ccc(N2C(=O)/C(=C/c3ccccc3O)SC2(C)c2ccccc2)cc1. The number of phenols is 1. The predicted octanol–water partition coefficient (Wildman–Crippen LogP) is 5.39. The number of hydrogen-bond acceptors (Lipinski definition) is 4. The summed E-state index contributed by atoms with van der Waals surface area (Å²) in [6, 6.07) is 24.5. The summed E-state index contributed by atoms with van der Waals surface area (Å²) in [5.41, 5.74) is 2.43. The van der Waals surface area contributed by atoms with Crippen molar-refractivity contribution >= 4 is 29.4 Å². The summed E-state index contributed by atoms with van der Waals surface area (Å²) >= 11 is 1.49. The van der Waals surface area contributed by atoms with E-state index in [1.165, 1.54) is 11.8 Å². The summed E-state index contributed by atoms with van der Waals surface area (Å²) in [5.74, 6) is 0.784. The molecule has 1 saturated heterocycles. The van der Waals surface area contributed by atoms with E-state index in [2.05, 4.69) is 0 Å². The Labute approximate surface area is 174 Å². The number of aromatic hydroxyl groups is 1. The average molecular weight is 404 g/mol. The number of methoxy groups -OCH3 is 1. The van der Waals surface area contributed by atoms with Gasteiger partial charge in [-0.15, -0.1) is 0 Å². The van der Waals surface area contributed by atoms with Crippen molar-refractivity contribution in [2.24, 2.45) is 0 Å². The molecule has 146 valence electrons. The number of thioether (sulfide) groups is 1. The molecule has 0 saturated carbocycles. The molecule has 4 rings (SSSR count). The molecular weight excluding hydrogens is 382 g/mol. The molecule has 3 aromatic carbocycles. The maximum atomic E-state index is 13.5. The van der Waals surface area contributed by atoms with Gasteiger partial charge in [-0.05, 0) is 48.9 Å². The molecule has 1 aliphatic heterocycles. The summed E-state index contributed by atoms with van der Waals surface area (Å²) in [6.07, 6.45) is 1.76. The first kappa shape index (κ1) is 19.2. The highest BCUT2D eigenvalue weighted by Gasteiger charge is 2.47. The van der Waals surface area contributed by atoms with Gasteiger partial charge in [0.15, 0.2) is 0 Å². The van der Waals surface area contributed by atoms with Crippen molar-refractivity contribution in [3.63, 3.8) is 0 Å². The van der Waals surface area contributed by atoms with Gasteiger partial charge in [0.25, 0.3) is 5.91 Å². The Hall–Kier alpha value is -3.18. The van der Waals surface area contributed by atoms with Crippen LogP contribution in [-0.2, 0) is 9.67 Å². The molecule has 1 aliphatic rings. The van der Waals surface area contributed by atoms with Crippen molar-refractivity contribution in [2.75, 3.05) is 12.0 Å². The highest BCUT2D eigenvalue weighted by Crippen LogP contribution is 2.53. The van der Waals surface area contributed by atoms with Crippen LogP contribution in [0.1, 0.15) is 18.1 Å². The summed E-state index contributed by atoms with van der Waals surface area (Å²) in [4.78, 5) is 15.2. The van der Waals surface area contributed by atoms with E-state index in [1.807, 2.05) is 67.6 Å². The van der Waals surface area contributed by atoms with Gasteiger partial charge >= 0.3 is 0 Å². The van der Waals surface area contributed by atoms with Crippen molar-refractivity contribution in [1.82, 2.24) is 0 Å². The number of ether oxygens (including phenoxy) is 1. The van der Waals surface area contributed by atoms with Crippen molar-refractivity contribution in [3.05, 3.63) is 94.9 Å². The Morgan fingerprint density at radius 1 is 0.966 bits per heavy atom. The lowest BCUT2D eigenvalue weighted by Gasteiger charge is -2.34. The van der Waals surface area contributed by atoms with Gasteiger partial charge in [0.05, 0.1) is 12.0 Å². The van der Waals surface area contributed by atoms with E-state index in [0.717, 1.165) is 17.0 Å². The van der Waals surface area contributed by atoms with E-state index >= 15 is 0 Å². The first-order valence-electron chi connectivity index (χ1n) is 9.26. The van der Waals surface area contributed by atoms with Crippen LogP contribution in [0.5, 0.6) is 11.5 Å². The van der Waals surface area contributed by atoms with Gasteiger partial charge < -0.3 is 9.84 Å². The maximum absolute atomic E-state index is 13.5. The van der Waals surface area contributed by atoms with Crippen LogP contribution in [0.3, 0.4) is 0 Å². The zero-order valence-electron chi connectivity index (χ0n) is 16.2. The van der Waals surface area contributed by atoms with Gasteiger partial charge in [0.2, 0.25) is 0 Å². The molecule has 4 nitrogen and oxygen atoms in total. The Morgan fingerprint density at radius 2 is 1.62 bits per heavy atom. The fraction of sp³-hybridized carbons (Fsp3) is 0.125. The van der Waals surface area contributed by atoms with Gasteiger partial charge in [-0.3, -0.25) is 9.69 Å². The molecule has 0 radical (unpaired) electrons. The second-order valence-corrected chi connectivity index (χ2v) is 8.30. The normalized spacial score (nSPS) is 20.3. The van der Waals surface area contributed by atoms with Crippen molar-refractivity contribution in [3.8, 4) is 11.5 Å². The average Bonchev–Trinajstić information content (AvgIpc) is 3.01. The summed E-state index contributed by atoms with van der Waals surface area (Å²) in [5, 5.41) is 10.2. The number of para-hydroxylation sites is 1. The number of rotatable bonds is 4. The molecule has 29 heavy (non-hydrogen) atoms. The topological polar surface area (TPSA) is 49.8 Å². The van der Waals surface area contributed by atoms with Gasteiger partial charge in [0.1, 0.15) is 16.4 Å². The first-order valence-corrected chi connectivity index (χ1v) is 10.1. The minimum atomic E-state index is -0.622. The minimum absolute atomic E-state index is 0.102. The van der Waals surface area contributed by atoms with Gasteiger partial charge in [0, 0.05) is 11.3 Å². The summed E-state index contributed by atoms with van der Waals surface area (Å²) in [7, 11) is 1.62. The summed E-state index contributed by atoms with van der Waals surface area (Å²) < 4.78 is 5.26. The van der Waals surface area contributed by atoms with E-state index in [1.54, 1.807) is 36.3 Å². The first-order chi connectivity index (χ1) is 14.0. The number of anilines is 1. The highest BCUT2D eigenvalue weighted by molar-refractivity contribution is 8.05. The molecule has 0 bridgehead atoms. The second-order valence-electron chi connectivity index (χ2n) is 6.86. The van der Waals surface area contributed by atoms with Crippen LogP contribution < -0.4 is 9.64 Å². The second kappa shape index (κ2) is 7.68. The molecule has 1 unspecified atom stereocenters. The fourth-order valence-electron chi connectivity index (χ4n) is 3.48. The van der Waals surface area contributed by atoms with Crippen molar-refractivity contribution < 1.29 is 14.6 Å². The fourth-order valence-corrected chi connectivity index (χ4v) is 4.81. The van der Waals surface area contributed by atoms with Crippen LogP contribution in [0.25, 0.3) is 6.08 Å². The standard InChI is InChI=1S/C24H21NO3S/c1-24(18-9-4-3-5-10-18)25(19-12-14-20(28-2)15-13-19)23(27)22(29-24)16-17-8-6-7-11-21(17)26/h3-16,26H,1-2H3/b22-16-. The zero-order valence-corrected chi connectivity index (χ0v) is 17.0. The molecule has 1 fully saturated rings. The lowest BCUT2D eigenvalue weighted by molar-refractivity contribution is -0.114. The highest BCUT2D eigenvalue weighted by atomic mass is 32.2. The van der Waals surface area contributed by atoms with E-state index in [9.17, 15) is 9.90 Å². The van der Waals surface area contributed by atoms with E-state index < -0.39 is 4.87 Å². The zero-order chi connectivity index (χ0) is 20.4. The van der Waals surface area contributed by atoms with Crippen LogP contribution in [0.2, 0.25) is 0 Å². The number of benzene rings is 3. The Bertz CT molecular complexity index is 1060. The molecule has 1 atom stereocenters. The Balaban J connectivity index is 1.83. The molecule has 1 heterocycles. The molecule has 3 aromatic rings. The number of hydrogen-bond donors (Lipinski definition) is 1. The van der Waals surface area contributed by atoms with Gasteiger partial charge in [-0.25, -0.2) is 0 Å². The number of carbonyl (C=O) groups is 1. The lowest BCUT2D eigenvalue weighted by Crippen LogP contribution is -2.39. The van der Waals surface area contributed by atoms with Crippen LogP contribution >= 0.6 is 11.8 Å². The number of carbonyl (C=O) groups excluding carboxylic acids is 1. The number of phenolic OH excluding ortho intramolecular Hbond substituents is 1. The largest absolute Gasteiger partial charge is 0.507 e. The monoisotopic (exact) mass is 403 g/mol. The Morgan fingerprint density at radius 3 is 2.28 bits per heavy atom. The van der Waals surface area contributed by atoms with Gasteiger partial charge in [-0.2, -0.15) is 0 Å². The van der Waals surface area contributed by atoms with Crippen molar-refractivity contribution in [1.29, 1.82) is 0 Å². The minimum Gasteiger partial charge on any atom is -0.507 e. The van der Waals surface area contributed by atoms with Crippen LogP contribution in [0.4, 0.5) is 5.69 Å². The van der Waals surface area contributed by atoms with Crippen LogP contribution in [-0.4, -0.2) is 18.1 Å². The van der Waals surface area contributed by atoms with E-state index in [4.69, 9.17) is 4.74 Å². The van der Waals surface area contributed by atoms with E-state index in [-0.39, 0.29) is 11.7 Å². The maximum Gasteiger partial charge on any atom is 0.266 e. The Kier molecular flexibility index (Phi) is 5.07. The van der Waals surface area contributed by atoms with Crippen LogP contribution in [0, 0.1) is 0 Å². The third-order valence-corrected chi connectivity index (χ3v) is 6.34. The van der Waals surface area contributed by atoms with Crippen LogP contribution in [0.15, 0.2) is 83.8 Å². The molecule has 1 amide bonds. The molecule has 1 N–H and O–H groups in total. The van der Waals surface area contributed by atoms with Crippen molar-refractivity contribution in [2.45, 2.75) is 11.8 Å². The number of nitrogens with zero attached hydrogens (tertiary/aromatic N) is 1. The third kappa shape index (κ3) is 3.49. The lowest BCUT2D eigenvalue weighted by atomic mass is 10.0.